The van der Waals surface area contributed by atoms with E-state index in [0.717, 1.165) is 22.1 Å². The first-order valence-electron chi connectivity index (χ1n) is 9.08. The molecular weight excluding hydrogens is 408 g/mol. The first kappa shape index (κ1) is 19.6. The Bertz CT molecular complexity index is 797. The van der Waals surface area contributed by atoms with E-state index < -0.39 is 0 Å². The SMILES string of the molecule is O=C(C1CC(=O)N(c2ccccc2Br)C1)N(CCO)CCc1ccccc1. The van der Waals surface area contributed by atoms with Crippen LogP contribution in [0.3, 0.4) is 0 Å². The second-order valence-corrected chi connectivity index (χ2v) is 7.50. The molecule has 1 saturated heterocycles. The van der Waals surface area contributed by atoms with Crippen molar-refractivity contribution < 1.29 is 14.7 Å². The summed E-state index contributed by atoms with van der Waals surface area (Å²) in [4.78, 5) is 28.8. The minimum absolute atomic E-state index is 0.0488. The van der Waals surface area contributed by atoms with Crippen LogP contribution >= 0.6 is 15.9 Å². The molecule has 1 aliphatic heterocycles. The third-order valence-electron chi connectivity index (χ3n) is 4.81. The van der Waals surface area contributed by atoms with Gasteiger partial charge in [-0.3, -0.25) is 9.59 Å². The Morgan fingerprint density at radius 3 is 2.52 bits per heavy atom. The van der Waals surface area contributed by atoms with Crippen molar-refractivity contribution in [1.82, 2.24) is 4.90 Å². The predicted molar refractivity (Wildman–Crippen MR) is 108 cm³/mol. The maximum absolute atomic E-state index is 13.0. The molecule has 1 atom stereocenters. The highest BCUT2D eigenvalue weighted by atomic mass is 79.9. The lowest BCUT2D eigenvalue weighted by Crippen LogP contribution is -2.40. The van der Waals surface area contributed by atoms with E-state index in [2.05, 4.69) is 15.9 Å². The monoisotopic (exact) mass is 430 g/mol. The van der Waals surface area contributed by atoms with Gasteiger partial charge in [-0.2, -0.15) is 0 Å². The van der Waals surface area contributed by atoms with Crippen LogP contribution in [0.25, 0.3) is 0 Å². The number of rotatable bonds is 7. The number of hydrogen-bond acceptors (Lipinski definition) is 3. The number of hydrogen-bond donors (Lipinski definition) is 1. The molecule has 0 aliphatic carbocycles. The number of anilines is 1. The van der Waals surface area contributed by atoms with E-state index in [1.54, 1.807) is 9.80 Å². The quantitative estimate of drug-likeness (QED) is 0.734. The topological polar surface area (TPSA) is 60.9 Å². The van der Waals surface area contributed by atoms with E-state index in [4.69, 9.17) is 0 Å². The van der Waals surface area contributed by atoms with E-state index >= 15 is 0 Å². The molecule has 0 aromatic heterocycles. The number of aliphatic hydroxyl groups is 1. The van der Waals surface area contributed by atoms with Crippen molar-refractivity contribution in [2.75, 3.05) is 31.1 Å². The van der Waals surface area contributed by atoms with Gasteiger partial charge in [0.15, 0.2) is 0 Å². The summed E-state index contributed by atoms with van der Waals surface area (Å²) in [5.74, 6) is -0.498. The van der Waals surface area contributed by atoms with E-state index in [-0.39, 0.29) is 37.3 Å². The highest BCUT2D eigenvalue weighted by molar-refractivity contribution is 9.10. The van der Waals surface area contributed by atoms with Gasteiger partial charge in [0, 0.05) is 30.5 Å². The van der Waals surface area contributed by atoms with Crippen molar-refractivity contribution in [2.24, 2.45) is 5.92 Å². The Balaban J connectivity index is 1.67. The first-order chi connectivity index (χ1) is 13.1. The van der Waals surface area contributed by atoms with Gasteiger partial charge in [-0.05, 0) is 40.0 Å². The van der Waals surface area contributed by atoms with Crippen molar-refractivity contribution in [3.05, 3.63) is 64.6 Å². The molecule has 1 aliphatic rings. The van der Waals surface area contributed by atoms with Crippen molar-refractivity contribution in [1.29, 1.82) is 0 Å². The maximum atomic E-state index is 13.0. The van der Waals surface area contributed by atoms with Crippen LogP contribution in [-0.4, -0.2) is 48.1 Å². The average molecular weight is 431 g/mol. The van der Waals surface area contributed by atoms with Gasteiger partial charge in [-0.15, -0.1) is 0 Å². The molecule has 2 aromatic rings. The summed E-state index contributed by atoms with van der Waals surface area (Å²) in [6, 6.07) is 17.5. The van der Waals surface area contributed by atoms with Gasteiger partial charge in [0.25, 0.3) is 0 Å². The molecule has 0 saturated carbocycles. The summed E-state index contributed by atoms with van der Waals surface area (Å²) in [6.07, 6.45) is 0.925. The number of para-hydroxylation sites is 1. The van der Waals surface area contributed by atoms with Crippen molar-refractivity contribution >= 4 is 33.4 Å². The van der Waals surface area contributed by atoms with Gasteiger partial charge in [0.05, 0.1) is 18.2 Å². The number of amides is 2. The Labute approximate surface area is 167 Å². The molecule has 142 valence electrons. The fourth-order valence-electron chi connectivity index (χ4n) is 3.40. The van der Waals surface area contributed by atoms with Crippen LogP contribution in [0.4, 0.5) is 5.69 Å². The van der Waals surface area contributed by atoms with Crippen LogP contribution in [0.1, 0.15) is 12.0 Å². The fourth-order valence-corrected chi connectivity index (χ4v) is 3.90. The van der Waals surface area contributed by atoms with Gasteiger partial charge in [-0.1, -0.05) is 42.5 Å². The summed E-state index contributed by atoms with van der Waals surface area (Å²) in [5.41, 5.74) is 1.93. The smallest absolute Gasteiger partial charge is 0.228 e. The van der Waals surface area contributed by atoms with Crippen LogP contribution in [0.5, 0.6) is 0 Å². The number of aliphatic hydroxyl groups excluding tert-OH is 1. The summed E-state index contributed by atoms with van der Waals surface area (Å²) in [5, 5.41) is 9.37. The molecule has 0 radical (unpaired) electrons. The zero-order valence-electron chi connectivity index (χ0n) is 15.1. The van der Waals surface area contributed by atoms with E-state index in [1.165, 1.54) is 0 Å². The van der Waals surface area contributed by atoms with Gasteiger partial charge in [-0.25, -0.2) is 0 Å². The standard InChI is InChI=1S/C21H23BrN2O3/c22-18-8-4-5-9-19(18)24-15-17(14-20(24)26)21(27)23(12-13-25)11-10-16-6-2-1-3-7-16/h1-9,17,25H,10-15H2. The molecule has 1 fully saturated rings. The van der Waals surface area contributed by atoms with Crippen LogP contribution in [0, 0.1) is 5.92 Å². The van der Waals surface area contributed by atoms with Crippen molar-refractivity contribution in [2.45, 2.75) is 12.8 Å². The molecule has 27 heavy (non-hydrogen) atoms. The normalized spacial score (nSPS) is 16.6. The molecule has 1 N–H and O–H groups in total. The Morgan fingerprint density at radius 1 is 1.11 bits per heavy atom. The van der Waals surface area contributed by atoms with Crippen LogP contribution in [-0.2, 0) is 16.0 Å². The van der Waals surface area contributed by atoms with Gasteiger partial charge in [0.1, 0.15) is 0 Å². The summed E-state index contributed by atoms with van der Waals surface area (Å²) >= 11 is 3.47. The molecule has 5 nitrogen and oxygen atoms in total. The van der Waals surface area contributed by atoms with E-state index in [0.29, 0.717) is 13.1 Å². The summed E-state index contributed by atoms with van der Waals surface area (Å²) in [7, 11) is 0. The van der Waals surface area contributed by atoms with Crippen molar-refractivity contribution in [3.63, 3.8) is 0 Å². The maximum Gasteiger partial charge on any atom is 0.228 e. The van der Waals surface area contributed by atoms with Gasteiger partial charge in [0.2, 0.25) is 11.8 Å². The Hall–Kier alpha value is -2.18. The number of carbonyl (C=O) groups excluding carboxylic acids is 2. The summed E-state index contributed by atoms with van der Waals surface area (Å²) in [6.45, 7) is 1.09. The molecule has 3 rings (SSSR count). The molecule has 6 heteroatoms. The Morgan fingerprint density at radius 2 is 1.81 bits per heavy atom. The number of benzene rings is 2. The molecule has 1 heterocycles. The third kappa shape index (κ3) is 4.76. The van der Waals surface area contributed by atoms with Crippen LogP contribution < -0.4 is 4.90 Å². The molecule has 2 aromatic carbocycles. The highest BCUT2D eigenvalue weighted by Gasteiger charge is 2.37. The largest absolute Gasteiger partial charge is 0.395 e. The van der Waals surface area contributed by atoms with Crippen LogP contribution in [0.2, 0.25) is 0 Å². The van der Waals surface area contributed by atoms with Crippen LogP contribution in [0.15, 0.2) is 59.1 Å². The Kier molecular flexibility index (Phi) is 6.63. The lowest BCUT2D eigenvalue weighted by molar-refractivity contribution is -0.136. The molecular formula is C21H23BrN2O3. The minimum atomic E-state index is -0.382. The fraction of sp³-hybridized carbons (Fsp3) is 0.333. The number of nitrogens with zero attached hydrogens (tertiary/aromatic N) is 2. The number of carbonyl (C=O) groups is 2. The average Bonchev–Trinajstić information content (AvgIpc) is 3.07. The lowest BCUT2D eigenvalue weighted by Gasteiger charge is -2.25. The first-order valence-corrected chi connectivity index (χ1v) is 9.88. The lowest BCUT2D eigenvalue weighted by atomic mass is 10.1. The van der Waals surface area contributed by atoms with E-state index in [1.807, 2.05) is 54.6 Å². The second-order valence-electron chi connectivity index (χ2n) is 6.64. The zero-order chi connectivity index (χ0) is 19.2. The van der Waals surface area contributed by atoms with Gasteiger partial charge < -0.3 is 14.9 Å². The molecule has 0 spiro atoms. The zero-order valence-corrected chi connectivity index (χ0v) is 16.6. The van der Waals surface area contributed by atoms with Crippen molar-refractivity contribution in [3.8, 4) is 0 Å². The molecule has 1 unspecified atom stereocenters. The summed E-state index contributed by atoms with van der Waals surface area (Å²) < 4.78 is 0.836. The number of halogens is 1. The van der Waals surface area contributed by atoms with Gasteiger partial charge >= 0.3 is 0 Å². The minimum Gasteiger partial charge on any atom is -0.395 e. The third-order valence-corrected chi connectivity index (χ3v) is 5.48. The predicted octanol–water partition coefficient (Wildman–Crippen LogP) is 2.87. The molecule has 2 amide bonds. The van der Waals surface area contributed by atoms with E-state index in [9.17, 15) is 14.7 Å². The second kappa shape index (κ2) is 9.15. The molecule has 0 bridgehead atoms. The highest BCUT2D eigenvalue weighted by Crippen LogP contribution is 2.31.